The average Bonchev–Trinajstić information content (AvgIpc) is 3.15. The lowest BCUT2D eigenvalue weighted by molar-refractivity contribution is 0.309. The molecular formula is C15H21N3O2S. The van der Waals surface area contributed by atoms with Crippen molar-refractivity contribution >= 4 is 15.7 Å². The van der Waals surface area contributed by atoms with Crippen LogP contribution in [0, 0.1) is 0 Å². The van der Waals surface area contributed by atoms with Gasteiger partial charge in [0.15, 0.2) is 0 Å². The number of nitrogens with zero attached hydrogens (tertiary/aromatic N) is 1. The van der Waals surface area contributed by atoms with Crippen molar-refractivity contribution in [3.05, 3.63) is 23.8 Å². The quantitative estimate of drug-likeness (QED) is 0.880. The Labute approximate surface area is 125 Å². The first kappa shape index (κ1) is 13.5. The van der Waals surface area contributed by atoms with Gasteiger partial charge < -0.3 is 5.32 Å². The van der Waals surface area contributed by atoms with E-state index in [0.717, 1.165) is 44.6 Å². The molecule has 0 radical (unpaired) electrons. The molecule has 0 bridgehead atoms. The van der Waals surface area contributed by atoms with Gasteiger partial charge >= 0.3 is 0 Å². The van der Waals surface area contributed by atoms with Crippen LogP contribution in [0.1, 0.15) is 24.8 Å². The van der Waals surface area contributed by atoms with Crippen LogP contribution >= 0.6 is 0 Å². The SMILES string of the molecule is O=S(=O)(NC1CCN2CCCC12)c1ccc2c(c1)NCC2. The van der Waals surface area contributed by atoms with Crippen molar-refractivity contribution in [2.24, 2.45) is 0 Å². The highest BCUT2D eigenvalue weighted by Gasteiger charge is 2.39. The molecule has 1 aromatic carbocycles. The van der Waals surface area contributed by atoms with E-state index in [0.29, 0.717) is 10.9 Å². The largest absolute Gasteiger partial charge is 0.384 e. The molecule has 0 spiro atoms. The summed E-state index contributed by atoms with van der Waals surface area (Å²) in [6, 6.07) is 5.90. The lowest BCUT2D eigenvalue weighted by Crippen LogP contribution is -2.42. The summed E-state index contributed by atoms with van der Waals surface area (Å²) in [4.78, 5) is 2.80. The standard InChI is InChI=1S/C15H21N3O2S/c19-21(20,12-4-3-11-5-7-16-14(11)10-12)17-13-6-9-18-8-1-2-15(13)18/h3-4,10,13,15-17H,1-2,5-9H2. The summed E-state index contributed by atoms with van der Waals surface area (Å²) in [5.41, 5.74) is 2.17. The van der Waals surface area contributed by atoms with Gasteiger partial charge in [0.25, 0.3) is 0 Å². The Morgan fingerprint density at radius 2 is 2.14 bits per heavy atom. The molecular weight excluding hydrogens is 286 g/mol. The lowest BCUT2D eigenvalue weighted by Gasteiger charge is -2.21. The molecule has 3 aliphatic rings. The fourth-order valence-electron chi connectivity index (χ4n) is 3.92. The van der Waals surface area contributed by atoms with E-state index >= 15 is 0 Å². The maximum atomic E-state index is 12.6. The Kier molecular flexibility index (Phi) is 3.20. The van der Waals surface area contributed by atoms with Gasteiger partial charge in [-0.15, -0.1) is 0 Å². The van der Waals surface area contributed by atoms with Crippen LogP contribution in [0.3, 0.4) is 0 Å². The highest BCUT2D eigenvalue weighted by atomic mass is 32.2. The van der Waals surface area contributed by atoms with E-state index in [2.05, 4.69) is 14.9 Å². The third-order valence-electron chi connectivity index (χ3n) is 5.01. The third-order valence-corrected chi connectivity index (χ3v) is 6.50. The molecule has 6 heteroatoms. The third kappa shape index (κ3) is 2.35. The highest BCUT2D eigenvalue weighted by molar-refractivity contribution is 7.89. The predicted octanol–water partition coefficient (Wildman–Crippen LogP) is 1.17. The number of sulfonamides is 1. The molecule has 2 N–H and O–H groups in total. The second-order valence-corrected chi connectivity index (χ2v) is 7.97. The summed E-state index contributed by atoms with van der Waals surface area (Å²) >= 11 is 0. The van der Waals surface area contributed by atoms with Gasteiger partial charge in [-0.25, -0.2) is 13.1 Å². The Hall–Kier alpha value is -1.11. The van der Waals surface area contributed by atoms with Crippen LogP contribution in [0.2, 0.25) is 0 Å². The van der Waals surface area contributed by atoms with Crippen molar-refractivity contribution in [2.45, 2.75) is 42.7 Å². The Morgan fingerprint density at radius 1 is 1.24 bits per heavy atom. The molecule has 2 atom stereocenters. The summed E-state index contributed by atoms with van der Waals surface area (Å²) in [7, 11) is -3.42. The van der Waals surface area contributed by atoms with Crippen LogP contribution < -0.4 is 10.0 Å². The molecule has 5 nitrogen and oxygen atoms in total. The monoisotopic (exact) mass is 307 g/mol. The van der Waals surface area contributed by atoms with E-state index in [4.69, 9.17) is 0 Å². The molecule has 4 rings (SSSR count). The molecule has 114 valence electrons. The van der Waals surface area contributed by atoms with Gasteiger partial charge in [0.2, 0.25) is 10.0 Å². The number of hydrogen-bond donors (Lipinski definition) is 2. The summed E-state index contributed by atoms with van der Waals surface area (Å²) < 4.78 is 28.2. The van der Waals surface area contributed by atoms with Gasteiger partial charge in [-0.1, -0.05) is 6.07 Å². The van der Waals surface area contributed by atoms with Crippen LogP contribution in [-0.2, 0) is 16.4 Å². The fourth-order valence-corrected chi connectivity index (χ4v) is 5.25. The minimum absolute atomic E-state index is 0.0683. The van der Waals surface area contributed by atoms with E-state index in [1.54, 1.807) is 12.1 Å². The number of rotatable bonds is 3. The fraction of sp³-hybridized carbons (Fsp3) is 0.600. The molecule has 3 heterocycles. The summed E-state index contributed by atoms with van der Waals surface area (Å²) in [6.45, 7) is 3.03. The van der Waals surface area contributed by atoms with Gasteiger partial charge in [0, 0.05) is 30.9 Å². The molecule has 2 saturated heterocycles. The number of benzene rings is 1. The Bertz CT molecular complexity index is 659. The van der Waals surface area contributed by atoms with Gasteiger partial charge in [0.1, 0.15) is 0 Å². The number of fused-ring (bicyclic) bond motifs is 2. The first-order valence-electron chi connectivity index (χ1n) is 7.77. The molecule has 2 unspecified atom stereocenters. The van der Waals surface area contributed by atoms with E-state index in [1.807, 2.05) is 6.07 Å². The van der Waals surface area contributed by atoms with Crippen LogP contribution in [-0.4, -0.2) is 45.0 Å². The van der Waals surface area contributed by atoms with E-state index in [1.165, 1.54) is 12.0 Å². The minimum Gasteiger partial charge on any atom is -0.384 e. The average molecular weight is 307 g/mol. The smallest absolute Gasteiger partial charge is 0.240 e. The zero-order chi connectivity index (χ0) is 14.4. The van der Waals surface area contributed by atoms with Crippen molar-refractivity contribution in [2.75, 3.05) is 25.0 Å². The molecule has 0 amide bonds. The molecule has 3 aliphatic heterocycles. The first-order valence-corrected chi connectivity index (χ1v) is 9.25. The molecule has 0 aromatic heterocycles. The summed E-state index contributed by atoms with van der Waals surface area (Å²) in [6.07, 6.45) is 4.19. The van der Waals surface area contributed by atoms with E-state index < -0.39 is 10.0 Å². The normalized spacial score (nSPS) is 28.4. The topological polar surface area (TPSA) is 61.4 Å². The highest BCUT2D eigenvalue weighted by Crippen LogP contribution is 2.30. The zero-order valence-electron chi connectivity index (χ0n) is 12.0. The molecule has 21 heavy (non-hydrogen) atoms. The maximum absolute atomic E-state index is 12.6. The number of nitrogens with one attached hydrogen (secondary N) is 2. The number of hydrogen-bond acceptors (Lipinski definition) is 4. The van der Waals surface area contributed by atoms with Gasteiger partial charge in [0.05, 0.1) is 4.90 Å². The molecule has 0 saturated carbocycles. The van der Waals surface area contributed by atoms with Crippen LogP contribution in [0.15, 0.2) is 23.1 Å². The predicted molar refractivity (Wildman–Crippen MR) is 82.0 cm³/mol. The van der Waals surface area contributed by atoms with E-state index in [9.17, 15) is 8.42 Å². The maximum Gasteiger partial charge on any atom is 0.240 e. The van der Waals surface area contributed by atoms with Crippen LogP contribution in [0.25, 0.3) is 0 Å². The van der Waals surface area contributed by atoms with Gasteiger partial charge in [-0.3, -0.25) is 4.90 Å². The Balaban J connectivity index is 1.56. The van der Waals surface area contributed by atoms with Crippen molar-refractivity contribution in [1.29, 1.82) is 0 Å². The van der Waals surface area contributed by atoms with Gasteiger partial charge in [-0.05, 0) is 49.9 Å². The Morgan fingerprint density at radius 3 is 3.05 bits per heavy atom. The van der Waals surface area contributed by atoms with Crippen molar-refractivity contribution < 1.29 is 8.42 Å². The van der Waals surface area contributed by atoms with Crippen molar-refractivity contribution in [3.8, 4) is 0 Å². The number of anilines is 1. The second-order valence-electron chi connectivity index (χ2n) is 6.26. The van der Waals surface area contributed by atoms with Crippen molar-refractivity contribution in [3.63, 3.8) is 0 Å². The van der Waals surface area contributed by atoms with Crippen molar-refractivity contribution in [1.82, 2.24) is 9.62 Å². The van der Waals surface area contributed by atoms with Crippen LogP contribution in [0.5, 0.6) is 0 Å². The van der Waals surface area contributed by atoms with Crippen LogP contribution in [0.4, 0.5) is 5.69 Å². The summed E-state index contributed by atoms with van der Waals surface area (Å²) in [5.74, 6) is 0. The molecule has 1 aromatic rings. The second kappa shape index (κ2) is 4.97. The lowest BCUT2D eigenvalue weighted by atomic mass is 10.1. The first-order chi connectivity index (χ1) is 10.1. The zero-order valence-corrected chi connectivity index (χ0v) is 12.8. The van der Waals surface area contributed by atoms with Gasteiger partial charge in [-0.2, -0.15) is 0 Å². The molecule has 2 fully saturated rings. The summed E-state index contributed by atoms with van der Waals surface area (Å²) in [5, 5.41) is 3.24. The van der Waals surface area contributed by atoms with E-state index in [-0.39, 0.29) is 6.04 Å². The minimum atomic E-state index is -3.42. The molecule has 0 aliphatic carbocycles.